The van der Waals surface area contributed by atoms with Gasteiger partial charge in [0, 0.05) is 20.3 Å². The number of imidazole rings is 1. The molecule has 0 aliphatic heterocycles. The zero-order valence-corrected chi connectivity index (χ0v) is 12.0. The molecule has 2 N–H and O–H groups in total. The van der Waals surface area contributed by atoms with E-state index in [0.29, 0.717) is 5.92 Å². The Kier molecular flexibility index (Phi) is 4.56. The Morgan fingerprint density at radius 2 is 2.05 bits per heavy atom. The van der Waals surface area contributed by atoms with Crippen molar-refractivity contribution in [2.75, 3.05) is 13.7 Å². The number of rotatable bonds is 6. The van der Waals surface area contributed by atoms with Gasteiger partial charge in [0.2, 0.25) is 0 Å². The molecule has 2 rings (SSSR count). The van der Waals surface area contributed by atoms with Gasteiger partial charge in [-0.15, -0.1) is 0 Å². The summed E-state index contributed by atoms with van der Waals surface area (Å²) in [6.45, 7) is 5.90. The van der Waals surface area contributed by atoms with Gasteiger partial charge < -0.3 is 15.0 Å². The van der Waals surface area contributed by atoms with E-state index in [9.17, 15) is 0 Å². The first-order valence-corrected chi connectivity index (χ1v) is 6.84. The second-order valence-corrected chi connectivity index (χ2v) is 5.23. The molecule has 0 radical (unpaired) electrons. The first-order chi connectivity index (χ1) is 9.15. The largest absolute Gasteiger partial charge is 0.385 e. The normalized spacial score (nSPS) is 13.3. The standard InChI is InChI=1S/C15H23N3O/c1-11(2)14(16)15-17-12-7-4-5-8-13(12)18(15)9-6-10-19-3/h4-5,7-8,11,14H,6,9-10,16H2,1-3H3. The number of hydrogen-bond acceptors (Lipinski definition) is 3. The lowest BCUT2D eigenvalue weighted by Crippen LogP contribution is -2.22. The maximum atomic E-state index is 6.29. The molecule has 0 saturated carbocycles. The third kappa shape index (κ3) is 2.96. The van der Waals surface area contributed by atoms with Crippen LogP contribution in [0.5, 0.6) is 0 Å². The third-order valence-electron chi connectivity index (χ3n) is 3.43. The minimum absolute atomic E-state index is 0.0325. The second-order valence-electron chi connectivity index (χ2n) is 5.23. The van der Waals surface area contributed by atoms with E-state index >= 15 is 0 Å². The topological polar surface area (TPSA) is 53.1 Å². The van der Waals surface area contributed by atoms with Crippen LogP contribution in [0.2, 0.25) is 0 Å². The van der Waals surface area contributed by atoms with E-state index in [1.165, 1.54) is 0 Å². The fraction of sp³-hybridized carbons (Fsp3) is 0.533. The number of hydrogen-bond donors (Lipinski definition) is 1. The molecule has 4 heteroatoms. The zero-order chi connectivity index (χ0) is 13.8. The van der Waals surface area contributed by atoms with Gasteiger partial charge in [0.05, 0.1) is 17.1 Å². The van der Waals surface area contributed by atoms with Crippen LogP contribution in [0.4, 0.5) is 0 Å². The predicted octanol–water partition coefficient (Wildman–Crippen LogP) is 2.73. The molecule has 1 unspecified atom stereocenters. The van der Waals surface area contributed by atoms with E-state index in [1.54, 1.807) is 7.11 Å². The van der Waals surface area contributed by atoms with Gasteiger partial charge in [-0.1, -0.05) is 26.0 Å². The van der Waals surface area contributed by atoms with Crippen LogP contribution in [-0.2, 0) is 11.3 Å². The molecular weight excluding hydrogens is 238 g/mol. The molecule has 0 aliphatic carbocycles. The van der Waals surface area contributed by atoms with Crippen LogP contribution in [0.3, 0.4) is 0 Å². The van der Waals surface area contributed by atoms with Gasteiger partial charge >= 0.3 is 0 Å². The first kappa shape index (κ1) is 14.0. The van der Waals surface area contributed by atoms with Gasteiger partial charge in [0.15, 0.2) is 0 Å². The maximum absolute atomic E-state index is 6.29. The highest BCUT2D eigenvalue weighted by atomic mass is 16.5. The van der Waals surface area contributed by atoms with E-state index in [4.69, 9.17) is 15.5 Å². The fourth-order valence-corrected chi connectivity index (χ4v) is 2.25. The predicted molar refractivity (Wildman–Crippen MR) is 78.0 cm³/mol. The van der Waals surface area contributed by atoms with Crippen LogP contribution in [-0.4, -0.2) is 23.3 Å². The number of nitrogens with two attached hydrogens (primary N) is 1. The number of para-hydroxylation sites is 2. The van der Waals surface area contributed by atoms with E-state index in [2.05, 4.69) is 24.5 Å². The Morgan fingerprint density at radius 1 is 1.32 bits per heavy atom. The number of aromatic nitrogens is 2. The van der Waals surface area contributed by atoms with Crippen molar-refractivity contribution in [1.29, 1.82) is 0 Å². The molecule has 0 fully saturated rings. The summed E-state index contributed by atoms with van der Waals surface area (Å²) in [6, 6.07) is 8.17. The summed E-state index contributed by atoms with van der Waals surface area (Å²) in [4.78, 5) is 4.71. The first-order valence-electron chi connectivity index (χ1n) is 6.84. The molecule has 0 aliphatic rings. The summed E-state index contributed by atoms with van der Waals surface area (Å²) in [5.74, 6) is 1.35. The van der Waals surface area contributed by atoms with Gasteiger partial charge in [0.25, 0.3) is 0 Å². The lowest BCUT2D eigenvalue weighted by molar-refractivity contribution is 0.190. The summed E-state index contributed by atoms with van der Waals surface area (Å²) in [7, 11) is 1.73. The van der Waals surface area contributed by atoms with E-state index in [1.807, 2.05) is 18.2 Å². The number of fused-ring (bicyclic) bond motifs is 1. The van der Waals surface area contributed by atoms with Crippen LogP contribution in [0.1, 0.15) is 32.1 Å². The van der Waals surface area contributed by atoms with Crippen LogP contribution >= 0.6 is 0 Å². The van der Waals surface area contributed by atoms with Crippen LogP contribution in [0.25, 0.3) is 11.0 Å². The van der Waals surface area contributed by atoms with Gasteiger partial charge in [-0.2, -0.15) is 0 Å². The Bertz CT molecular complexity index is 533. The van der Waals surface area contributed by atoms with Crippen LogP contribution in [0.15, 0.2) is 24.3 Å². The quantitative estimate of drug-likeness (QED) is 0.813. The molecule has 2 aromatic rings. The lowest BCUT2D eigenvalue weighted by atomic mass is 10.1. The molecule has 1 atom stereocenters. The Morgan fingerprint density at radius 3 is 2.74 bits per heavy atom. The second kappa shape index (κ2) is 6.17. The van der Waals surface area contributed by atoms with Gasteiger partial charge in [-0.25, -0.2) is 4.98 Å². The number of aryl methyl sites for hydroxylation is 1. The molecule has 0 saturated heterocycles. The Hall–Kier alpha value is -1.39. The molecular formula is C15H23N3O. The molecule has 0 bridgehead atoms. The lowest BCUT2D eigenvalue weighted by Gasteiger charge is -2.17. The average Bonchev–Trinajstić information content (AvgIpc) is 2.77. The summed E-state index contributed by atoms with van der Waals surface area (Å²) < 4.78 is 7.37. The number of methoxy groups -OCH3 is 1. The van der Waals surface area contributed by atoms with Gasteiger partial charge in [0.1, 0.15) is 5.82 Å². The van der Waals surface area contributed by atoms with E-state index in [-0.39, 0.29) is 6.04 Å². The molecule has 4 nitrogen and oxygen atoms in total. The molecule has 1 heterocycles. The van der Waals surface area contributed by atoms with Gasteiger partial charge in [-0.3, -0.25) is 0 Å². The number of ether oxygens (including phenoxy) is 1. The molecule has 0 spiro atoms. The smallest absolute Gasteiger partial charge is 0.127 e. The number of benzene rings is 1. The van der Waals surface area contributed by atoms with Crippen molar-refractivity contribution in [2.45, 2.75) is 32.9 Å². The van der Waals surface area contributed by atoms with Crippen molar-refractivity contribution in [1.82, 2.24) is 9.55 Å². The zero-order valence-electron chi connectivity index (χ0n) is 12.0. The third-order valence-corrected chi connectivity index (χ3v) is 3.43. The van der Waals surface area contributed by atoms with Crippen molar-refractivity contribution >= 4 is 11.0 Å². The van der Waals surface area contributed by atoms with Crippen molar-refractivity contribution in [3.05, 3.63) is 30.1 Å². The SMILES string of the molecule is COCCCn1c(C(N)C(C)C)nc2ccccc21. The monoisotopic (exact) mass is 261 g/mol. The summed E-state index contributed by atoms with van der Waals surface area (Å²) >= 11 is 0. The van der Waals surface area contributed by atoms with Gasteiger partial charge in [-0.05, 0) is 24.5 Å². The molecule has 0 amide bonds. The summed E-state index contributed by atoms with van der Waals surface area (Å²) in [5, 5.41) is 0. The molecule has 104 valence electrons. The fourth-order valence-electron chi connectivity index (χ4n) is 2.25. The Balaban J connectivity index is 2.40. The van der Waals surface area contributed by atoms with E-state index < -0.39 is 0 Å². The Labute approximate surface area is 114 Å². The molecule has 1 aromatic heterocycles. The summed E-state index contributed by atoms with van der Waals surface area (Å²) in [5.41, 5.74) is 8.47. The highest BCUT2D eigenvalue weighted by Crippen LogP contribution is 2.24. The highest BCUT2D eigenvalue weighted by Gasteiger charge is 2.19. The maximum Gasteiger partial charge on any atom is 0.127 e. The number of nitrogens with zero attached hydrogens (tertiary/aromatic N) is 2. The van der Waals surface area contributed by atoms with Crippen molar-refractivity contribution in [2.24, 2.45) is 11.7 Å². The van der Waals surface area contributed by atoms with Crippen molar-refractivity contribution in [3.8, 4) is 0 Å². The van der Waals surface area contributed by atoms with Crippen molar-refractivity contribution < 1.29 is 4.74 Å². The highest BCUT2D eigenvalue weighted by molar-refractivity contribution is 5.76. The van der Waals surface area contributed by atoms with Crippen molar-refractivity contribution in [3.63, 3.8) is 0 Å². The molecule has 1 aromatic carbocycles. The van der Waals surface area contributed by atoms with Crippen LogP contribution in [0, 0.1) is 5.92 Å². The molecule has 19 heavy (non-hydrogen) atoms. The minimum atomic E-state index is -0.0325. The van der Waals surface area contributed by atoms with E-state index in [0.717, 1.165) is 36.4 Å². The minimum Gasteiger partial charge on any atom is -0.385 e. The average molecular weight is 261 g/mol. The summed E-state index contributed by atoms with van der Waals surface area (Å²) in [6.07, 6.45) is 0.967. The van der Waals surface area contributed by atoms with Crippen LogP contribution < -0.4 is 5.73 Å².